The van der Waals surface area contributed by atoms with Gasteiger partial charge in [0, 0.05) is 25.7 Å². The Morgan fingerprint density at radius 1 is 0.708 bits per heavy atom. The van der Waals surface area contributed by atoms with Crippen LogP contribution < -0.4 is 0 Å². The third-order valence-corrected chi connectivity index (χ3v) is 3.49. The van der Waals surface area contributed by atoms with Gasteiger partial charge in [-0.05, 0) is 32.1 Å². The second kappa shape index (κ2) is 16.4. The van der Waals surface area contributed by atoms with Gasteiger partial charge in [0.2, 0.25) is 0 Å². The molecule has 0 radical (unpaired) electrons. The average molecular weight is 344 g/mol. The Morgan fingerprint density at radius 3 is 1.71 bits per heavy atom. The van der Waals surface area contributed by atoms with Gasteiger partial charge in [0.15, 0.2) is 0 Å². The van der Waals surface area contributed by atoms with E-state index in [4.69, 9.17) is 14.6 Å². The second-order valence-electron chi connectivity index (χ2n) is 5.82. The molecule has 0 rings (SSSR count). The molecule has 0 bridgehead atoms. The van der Waals surface area contributed by atoms with E-state index in [-0.39, 0.29) is 30.9 Å². The lowest BCUT2D eigenvalue weighted by Gasteiger charge is -2.04. The van der Waals surface area contributed by atoms with Crippen molar-refractivity contribution < 1.29 is 29.0 Å². The van der Waals surface area contributed by atoms with Gasteiger partial charge >= 0.3 is 11.9 Å². The first-order valence-corrected chi connectivity index (χ1v) is 9.04. The zero-order valence-corrected chi connectivity index (χ0v) is 14.9. The highest BCUT2D eigenvalue weighted by molar-refractivity contribution is 5.78. The fourth-order valence-corrected chi connectivity index (χ4v) is 2.18. The summed E-state index contributed by atoms with van der Waals surface area (Å²) in [7, 11) is 0. The molecule has 0 amide bonds. The summed E-state index contributed by atoms with van der Waals surface area (Å²) < 4.78 is 9.72. The van der Waals surface area contributed by atoms with Crippen LogP contribution in [0.5, 0.6) is 0 Å². The number of esters is 2. The summed E-state index contributed by atoms with van der Waals surface area (Å²) in [5.41, 5.74) is 0. The van der Waals surface area contributed by atoms with Crippen LogP contribution in [-0.2, 0) is 23.9 Å². The Morgan fingerprint density at radius 2 is 1.17 bits per heavy atom. The number of rotatable bonds is 16. The van der Waals surface area contributed by atoms with Crippen molar-refractivity contribution in [3.05, 3.63) is 0 Å². The van der Waals surface area contributed by atoms with Crippen LogP contribution in [0, 0.1) is 0 Å². The maximum atomic E-state index is 11.7. The van der Waals surface area contributed by atoms with Gasteiger partial charge in [-0.3, -0.25) is 14.4 Å². The molecule has 0 heterocycles. The molecule has 0 fully saturated rings. The predicted molar refractivity (Wildman–Crippen MR) is 90.5 cm³/mol. The third kappa shape index (κ3) is 15.5. The summed E-state index contributed by atoms with van der Waals surface area (Å²) in [6, 6.07) is 0. The molecule has 0 saturated heterocycles. The number of hydrogen-bond acceptors (Lipinski definition) is 6. The maximum absolute atomic E-state index is 11.7. The highest BCUT2D eigenvalue weighted by Gasteiger charge is 2.06. The fourth-order valence-electron chi connectivity index (χ4n) is 2.18. The normalized spacial score (nSPS) is 10.4. The summed E-state index contributed by atoms with van der Waals surface area (Å²) in [5.74, 6) is -0.236. The van der Waals surface area contributed by atoms with Crippen molar-refractivity contribution in [2.75, 3.05) is 19.8 Å². The van der Waals surface area contributed by atoms with Crippen LogP contribution >= 0.6 is 0 Å². The number of ketones is 1. The number of ether oxygens (including phenoxy) is 2. The zero-order chi connectivity index (χ0) is 18.0. The van der Waals surface area contributed by atoms with Crippen molar-refractivity contribution in [3.8, 4) is 0 Å². The van der Waals surface area contributed by atoms with E-state index in [0.717, 1.165) is 32.1 Å². The summed E-state index contributed by atoms with van der Waals surface area (Å²) >= 11 is 0. The lowest BCUT2D eigenvalue weighted by atomic mass is 10.0. The molecule has 24 heavy (non-hydrogen) atoms. The zero-order valence-electron chi connectivity index (χ0n) is 14.9. The van der Waals surface area contributed by atoms with Gasteiger partial charge in [-0.25, -0.2) is 0 Å². The second-order valence-corrected chi connectivity index (χ2v) is 5.82. The van der Waals surface area contributed by atoms with Crippen LogP contribution in [0.2, 0.25) is 0 Å². The molecule has 0 aromatic rings. The predicted octanol–water partition coefficient (Wildman–Crippen LogP) is 2.95. The van der Waals surface area contributed by atoms with Crippen molar-refractivity contribution in [3.63, 3.8) is 0 Å². The number of carbonyl (C=O) groups excluding carboxylic acids is 3. The van der Waals surface area contributed by atoms with Crippen LogP contribution in [0.4, 0.5) is 0 Å². The molecule has 0 unspecified atom stereocenters. The van der Waals surface area contributed by atoms with E-state index in [1.165, 1.54) is 0 Å². The minimum Gasteiger partial charge on any atom is -0.466 e. The minimum atomic E-state index is -0.325. The van der Waals surface area contributed by atoms with Crippen LogP contribution in [0.25, 0.3) is 0 Å². The highest BCUT2D eigenvalue weighted by atomic mass is 16.5. The number of Topliss-reactive ketones (excluding diaryl/α,β-unsaturated/α-hetero) is 1. The molecule has 0 aromatic heterocycles. The smallest absolute Gasteiger partial charge is 0.305 e. The van der Waals surface area contributed by atoms with Gasteiger partial charge in [0.25, 0.3) is 0 Å². The van der Waals surface area contributed by atoms with Gasteiger partial charge in [0.1, 0.15) is 12.4 Å². The van der Waals surface area contributed by atoms with Crippen molar-refractivity contribution in [1.29, 1.82) is 0 Å². The Bertz CT molecular complexity index is 353. The van der Waals surface area contributed by atoms with E-state index in [2.05, 4.69) is 0 Å². The van der Waals surface area contributed by atoms with Crippen LogP contribution in [-0.4, -0.2) is 42.6 Å². The standard InChI is InChI=1S/C18H32O6/c1-2-14-23-17(21)11-6-4-3-5-9-16(20)10-7-8-12-18(22)24-15-13-19/h19H,2-15H2,1H3. The molecule has 0 spiro atoms. The molecular formula is C18H32O6. The summed E-state index contributed by atoms with van der Waals surface area (Å²) in [6.45, 7) is 2.33. The number of hydrogen-bond donors (Lipinski definition) is 1. The Kier molecular flexibility index (Phi) is 15.4. The molecule has 0 aromatic carbocycles. The van der Waals surface area contributed by atoms with Gasteiger partial charge in [-0.2, -0.15) is 0 Å². The average Bonchev–Trinajstić information content (AvgIpc) is 2.57. The first-order valence-electron chi connectivity index (χ1n) is 9.04. The van der Waals surface area contributed by atoms with E-state index >= 15 is 0 Å². The molecule has 6 heteroatoms. The van der Waals surface area contributed by atoms with Crippen molar-refractivity contribution in [2.45, 2.75) is 77.6 Å². The van der Waals surface area contributed by atoms with Gasteiger partial charge in [-0.15, -0.1) is 0 Å². The third-order valence-electron chi connectivity index (χ3n) is 3.49. The van der Waals surface area contributed by atoms with Gasteiger partial charge < -0.3 is 14.6 Å². The maximum Gasteiger partial charge on any atom is 0.305 e. The fraction of sp³-hybridized carbons (Fsp3) is 0.833. The highest BCUT2D eigenvalue weighted by Crippen LogP contribution is 2.10. The van der Waals surface area contributed by atoms with E-state index in [1.54, 1.807) is 0 Å². The lowest BCUT2D eigenvalue weighted by molar-refractivity contribution is -0.145. The molecule has 140 valence electrons. The number of aliphatic hydroxyl groups is 1. The van der Waals surface area contributed by atoms with Crippen molar-refractivity contribution in [1.82, 2.24) is 0 Å². The van der Waals surface area contributed by atoms with Crippen LogP contribution in [0.15, 0.2) is 0 Å². The van der Waals surface area contributed by atoms with E-state index in [9.17, 15) is 14.4 Å². The largest absolute Gasteiger partial charge is 0.466 e. The van der Waals surface area contributed by atoms with Crippen molar-refractivity contribution in [2.24, 2.45) is 0 Å². The molecule has 0 saturated carbocycles. The van der Waals surface area contributed by atoms with E-state index < -0.39 is 0 Å². The molecule has 6 nitrogen and oxygen atoms in total. The summed E-state index contributed by atoms with van der Waals surface area (Å²) in [4.78, 5) is 34.1. The molecule has 0 atom stereocenters. The topological polar surface area (TPSA) is 89.9 Å². The number of carbonyl (C=O) groups is 3. The molecule has 1 N–H and O–H groups in total. The van der Waals surface area contributed by atoms with Crippen LogP contribution in [0.3, 0.4) is 0 Å². The number of unbranched alkanes of at least 4 members (excludes halogenated alkanes) is 4. The SMILES string of the molecule is CCCOC(=O)CCCCCCC(=O)CCCCC(=O)OCCO. The number of aliphatic hydroxyl groups excluding tert-OH is 1. The molecule has 0 aliphatic carbocycles. The molecule has 0 aliphatic heterocycles. The quantitative estimate of drug-likeness (QED) is 0.342. The van der Waals surface area contributed by atoms with Crippen molar-refractivity contribution >= 4 is 17.7 Å². The Balaban J connectivity index is 3.38. The monoisotopic (exact) mass is 344 g/mol. The van der Waals surface area contributed by atoms with Crippen LogP contribution in [0.1, 0.15) is 77.6 Å². The van der Waals surface area contributed by atoms with E-state index in [0.29, 0.717) is 45.1 Å². The summed E-state index contributed by atoms with van der Waals surface area (Å²) in [6.07, 6.45) is 7.52. The Labute approximate surface area is 144 Å². The van der Waals surface area contributed by atoms with Gasteiger partial charge in [-0.1, -0.05) is 19.8 Å². The van der Waals surface area contributed by atoms with E-state index in [1.807, 2.05) is 6.92 Å². The lowest BCUT2D eigenvalue weighted by Crippen LogP contribution is -2.08. The minimum absolute atomic E-state index is 0.0358. The molecular weight excluding hydrogens is 312 g/mol. The first kappa shape index (κ1) is 22.6. The first-order chi connectivity index (χ1) is 11.6. The Hall–Kier alpha value is -1.43. The molecule has 0 aliphatic rings. The van der Waals surface area contributed by atoms with Gasteiger partial charge in [0.05, 0.1) is 13.2 Å². The summed E-state index contributed by atoms with van der Waals surface area (Å²) in [5, 5.41) is 8.51.